The van der Waals surface area contributed by atoms with Crippen LogP contribution in [0, 0.1) is 12.0 Å². The van der Waals surface area contributed by atoms with Gasteiger partial charge in [0.05, 0.1) is 0 Å². The molecule has 0 bridgehead atoms. The van der Waals surface area contributed by atoms with Crippen LogP contribution in [0.5, 0.6) is 0 Å². The van der Waals surface area contributed by atoms with E-state index in [2.05, 4.69) is 46.9 Å². The van der Waals surface area contributed by atoms with Gasteiger partial charge >= 0.3 is 26.2 Å². The quantitative estimate of drug-likeness (QED) is 0.346. The van der Waals surface area contributed by atoms with Crippen molar-refractivity contribution in [2.75, 3.05) is 0 Å². The van der Waals surface area contributed by atoms with Crippen molar-refractivity contribution < 1.29 is 26.2 Å². The second kappa shape index (κ2) is 16.5. The molecule has 0 spiro atoms. The summed E-state index contributed by atoms with van der Waals surface area (Å²) in [6.45, 7) is 18.6. The summed E-state index contributed by atoms with van der Waals surface area (Å²) in [7, 11) is 0.750. The fraction of sp³-hybridized carbons (Fsp3) is 0.733. The maximum atomic E-state index is 6.94. The number of hydrogen-bond acceptors (Lipinski definition) is 0. The third-order valence-corrected chi connectivity index (χ3v) is 2.24. The maximum Gasteiger partial charge on any atom is 2.00 e. The molecule has 1 unspecified atom stereocenters. The minimum Gasteiger partial charge on any atom is -0.673 e. The van der Waals surface area contributed by atoms with Crippen molar-refractivity contribution in [2.24, 2.45) is 5.92 Å². The van der Waals surface area contributed by atoms with Crippen molar-refractivity contribution in [1.82, 2.24) is 0 Å². The van der Waals surface area contributed by atoms with E-state index in [-0.39, 0.29) is 56.6 Å². The molecular weight excluding hydrogens is 384 g/mol. The van der Waals surface area contributed by atoms with Crippen molar-refractivity contribution in [2.45, 2.75) is 67.1 Å². The Bertz CT molecular complexity index is 278. The van der Waals surface area contributed by atoms with Crippen molar-refractivity contribution in [3.8, 4) is 0 Å². The summed E-state index contributed by atoms with van der Waals surface area (Å²) >= 11 is 0. The molecule has 20 heavy (non-hydrogen) atoms. The molecular formula is C15H32Cl2NSiZr. The van der Waals surface area contributed by atoms with Crippen LogP contribution in [0.2, 0.25) is 13.1 Å². The first-order chi connectivity index (χ1) is 7.54. The summed E-state index contributed by atoms with van der Waals surface area (Å²) in [5.41, 5.74) is 10.9. The van der Waals surface area contributed by atoms with Crippen LogP contribution >= 0.6 is 24.8 Å². The molecule has 0 saturated heterocycles. The summed E-state index contributed by atoms with van der Waals surface area (Å²) in [6.07, 6.45) is 3.36. The van der Waals surface area contributed by atoms with Crippen LogP contribution in [-0.4, -0.2) is 15.1 Å². The third kappa shape index (κ3) is 21.4. The number of nitrogens with one attached hydrogen (secondary N) is 1. The molecule has 1 nitrogen and oxygen atoms in total. The second-order valence-electron chi connectivity index (χ2n) is 5.63. The van der Waals surface area contributed by atoms with Gasteiger partial charge in [-0.05, 0) is 0 Å². The van der Waals surface area contributed by atoms with Crippen molar-refractivity contribution in [3.05, 3.63) is 28.5 Å². The minimum atomic E-state index is -0.250. The molecule has 0 heterocycles. The molecule has 0 saturated carbocycles. The fourth-order valence-electron chi connectivity index (χ4n) is 1.16. The van der Waals surface area contributed by atoms with Crippen LogP contribution < -0.4 is 0 Å². The number of rotatable bonds is 0. The van der Waals surface area contributed by atoms with Crippen molar-refractivity contribution >= 4 is 34.3 Å². The molecule has 1 N–H and O–H groups in total. The predicted molar refractivity (Wildman–Crippen MR) is 97.4 cm³/mol. The Labute approximate surface area is 161 Å². The molecule has 1 aliphatic carbocycles. The first kappa shape index (κ1) is 32.9. The van der Waals surface area contributed by atoms with E-state index in [1.807, 2.05) is 20.8 Å². The van der Waals surface area contributed by atoms with Gasteiger partial charge in [-0.25, -0.2) is 5.57 Å². The topological polar surface area (TPSA) is 23.8 Å². The zero-order valence-corrected chi connectivity index (χ0v) is 19.7. The molecule has 1 aliphatic rings. The Morgan fingerprint density at radius 1 is 1.05 bits per heavy atom. The smallest absolute Gasteiger partial charge is 0.673 e. The van der Waals surface area contributed by atoms with Gasteiger partial charge in [0, 0.05) is 9.52 Å². The van der Waals surface area contributed by atoms with Crippen LogP contribution in [0.4, 0.5) is 0 Å². The molecule has 1 radical (unpaired) electrons. The molecule has 1 rings (SSSR count). The van der Waals surface area contributed by atoms with Gasteiger partial charge < -0.3 is 5.73 Å². The third-order valence-electron chi connectivity index (χ3n) is 2.24. The largest absolute Gasteiger partial charge is 2.00 e. The van der Waals surface area contributed by atoms with Gasteiger partial charge in [0.1, 0.15) is 0 Å². The van der Waals surface area contributed by atoms with Gasteiger partial charge in [0.15, 0.2) is 0 Å². The fourth-order valence-corrected chi connectivity index (χ4v) is 1.16. The molecule has 0 amide bonds. The Morgan fingerprint density at radius 2 is 1.30 bits per heavy atom. The summed E-state index contributed by atoms with van der Waals surface area (Å²) in [5, 5.41) is 0. The van der Waals surface area contributed by atoms with E-state index in [9.17, 15) is 0 Å². The molecule has 0 aromatic rings. The van der Waals surface area contributed by atoms with E-state index < -0.39 is 0 Å². The molecule has 0 aromatic carbocycles. The summed E-state index contributed by atoms with van der Waals surface area (Å²) in [4.78, 5) is 0. The van der Waals surface area contributed by atoms with Crippen LogP contribution in [0.15, 0.2) is 16.7 Å². The molecule has 1 atom stereocenters. The van der Waals surface area contributed by atoms with E-state index in [0.717, 1.165) is 9.52 Å². The average molecular weight is 417 g/mol. The van der Waals surface area contributed by atoms with Crippen LogP contribution in [0.25, 0.3) is 5.73 Å². The normalized spacial score (nSPS) is 16.1. The molecule has 5 heteroatoms. The monoisotopic (exact) mass is 414 g/mol. The summed E-state index contributed by atoms with van der Waals surface area (Å²) < 4.78 is 0. The molecule has 119 valence electrons. The van der Waals surface area contributed by atoms with Gasteiger partial charge in [-0.1, -0.05) is 60.6 Å². The molecule has 0 fully saturated rings. The Balaban J connectivity index is -0.0000000601. The number of halogens is 2. The van der Waals surface area contributed by atoms with Crippen molar-refractivity contribution in [1.29, 1.82) is 0 Å². The number of allylic oxidation sites excluding steroid dienone is 4. The van der Waals surface area contributed by atoms with Crippen LogP contribution in [0.3, 0.4) is 0 Å². The predicted octanol–water partition coefficient (Wildman–Crippen LogP) is 5.92. The Kier molecular flexibility index (Phi) is 27.1. The second-order valence-corrected chi connectivity index (χ2v) is 6.78. The number of hydrogen-bond donors (Lipinski definition) is 0. The van der Waals surface area contributed by atoms with E-state index >= 15 is 0 Å². The van der Waals surface area contributed by atoms with Gasteiger partial charge in [0.2, 0.25) is 0 Å². The van der Waals surface area contributed by atoms with E-state index in [4.69, 9.17) is 5.73 Å². The molecule has 0 aliphatic heterocycles. The standard InChI is InChI=1S/C9H13.C4H10N.C2H7Si.2ClH.Zr/c1-6-5-7(2)9(4)8(6)3;1-4(2,3)5;1-3-2;;;/h6H,1-4H3;5H,1-3H3;3H,1-2H3;2*1H;/q2*-1;;;;+2. The SMILES string of the molecule is CC(C)(C)[NH-].CC1=[C-]C(C)C(C)=C1C.C[SiH]C.Cl.Cl.[Zr+2]. The van der Waals surface area contributed by atoms with Gasteiger partial charge in [-0.3, -0.25) is 6.08 Å². The van der Waals surface area contributed by atoms with E-state index in [0.29, 0.717) is 5.92 Å². The Morgan fingerprint density at radius 3 is 1.35 bits per heavy atom. The average Bonchev–Trinajstić information content (AvgIpc) is 2.32. The van der Waals surface area contributed by atoms with Gasteiger partial charge in [0.25, 0.3) is 0 Å². The van der Waals surface area contributed by atoms with Crippen LogP contribution in [0.1, 0.15) is 48.5 Å². The summed E-state index contributed by atoms with van der Waals surface area (Å²) in [5.74, 6) is 0.560. The van der Waals surface area contributed by atoms with E-state index in [1.54, 1.807) is 0 Å². The first-order valence-corrected chi connectivity index (χ1v) is 8.62. The van der Waals surface area contributed by atoms with E-state index in [1.165, 1.54) is 16.7 Å². The zero-order chi connectivity index (χ0) is 14.2. The minimum absolute atomic E-state index is 0. The Hall–Kier alpha value is 1.12. The maximum absolute atomic E-state index is 6.94. The van der Waals surface area contributed by atoms with Crippen molar-refractivity contribution in [3.63, 3.8) is 0 Å². The zero-order valence-electron chi connectivity index (χ0n) is 14.5. The molecule has 0 aromatic heterocycles. The first-order valence-electron chi connectivity index (χ1n) is 6.31. The van der Waals surface area contributed by atoms with Gasteiger partial charge in [-0.15, -0.1) is 37.3 Å². The summed E-state index contributed by atoms with van der Waals surface area (Å²) in [6, 6.07) is 0. The van der Waals surface area contributed by atoms with Crippen LogP contribution in [-0.2, 0) is 26.2 Å². The van der Waals surface area contributed by atoms with Gasteiger partial charge in [-0.2, -0.15) is 11.1 Å².